The summed E-state index contributed by atoms with van der Waals surface area (Å²) in [5.41, 5.74) is 0. The molecule has 0 radical (unpaired) electrons. The number of urea groups is 1. The van der Waals surface area contributed by atoms with E-state index in [1.807, 2.05) is 13.8 Å². The van der Waals surface area contributed by atoms with Crippen LogP contribution in [0, 0.1) is 11.8 Å². The number of carboxylic acids is 1. The third kappa shape index (κ3) is 6.77. The Morgan fingerprint density at radius 1 is 1.40 bits per heavy atom. The van der Waals surface area contributed by atoms with Crippen LogP contribution in [0.15, 0.2) is 16.8 Å². The summed E-state index contributed by atoms with van der Waals surface area (Å²) in [6.07, 6.45) is 2.32. The molecule has 3 N–H and O–H groups in total. The van der Waals surface area contributed by atoms with Gasteiger partial charge in [0.25, 0.3) is 0 Å². The van der Waals surface area contributed by atoms with Crippen molar-refractivity contribution < 1.29 is 19.2 Å². The second kappa shape index (κ2) is 8.19. The Bertz CT molecular complexity index is 417. The maximum Gasteiger partial charge on any atom is 0.315 e. The first-order valence-corrected chi connectivity index (χ1v) is 6.60. The number of carbonyl (C=O) groups is 2. The van der Waals surface area contributed by atoms with Crippen molar-refractivity contribution in [1.29, 1.82) is 0 Å². The van der Waals surface area contributed by atoms with Gasteiger partial charge in [-0.05, 0) is 18.3 Å². The molecular formula is C13H21N3O4. The number of hydrogen-bond acceptors (Lipinski definition) is 4. The SMILES string of the molecule is CC(C)C[C@H](CNC(=O)NCc1ccno1)CC(=O)O. The highest BCUT2D eigenvalue weighted by molar-refractivity contribution is 5.73. The Labute approximate surface area is 117 Å². The maximum absolute atomic E-state index is 11.6. The fourth-order valence-electron chi connectivity index (χ4n) is 1.95. The quantitative estimate of drug-likeness (QED) is 0.672. The lowest BCUT2D eigenvalue weighted by atomic mass is 9.94. The van der Waals surface area contributed by atoms with Gasteiger partial charge in [-0.1, -0.05) is 19.0 Å². The van der Waals surface area contributed by atoms with E-state index in [1.54, 1.807) is 6.07 Å². The lowest BCUT2D eigenvalue weighted by Gasteiger charge is -2.17. The average molecular weight is 283 g/mol. The number of nitrogens with one attached hydrogen (secondary N) is 2. The molecule has 0 aromatic carbocycles. The third-order valence-corrected chi connectivity index (χ3v) is 2.73. The fraction of sp³-hybridized carbons (Fsp3) is 0.615. The summed E-state index contributed by atoms with van der Waals surface area (Å²) in [5, 5.41) is 17.7. The molecule has 7 heteroatoms. The maximum atomic E-state index is 11.6. The molecule has 0 spiro atoms. The molecule has 2 amide bonds. The van der Waals surface area contributed by atoms with E-state index < -0.39 is 5.97 Å². The van der Waals surface area contributed by atoms with Crippen LogP contribution in [0.2, 0.25) is 0 Å². The number of amides is 2. The third-order valence-electron chi connectivity index (χ3n) is 2.73. The van der Waals surface area contributed by atoms with E-state index in [9.17, 15) is 9.59 Å². The van der Waals surface area contributed by atoms with Crippen molar-refractivity contribution >= 4 is 12.0 Å². The second-order valence-electron chi connectivity index (χ2n) is 5.14. The van der Waals surface area contributed by atoms with Crippen molar-refractivity contribution in [3.05, 3.63) is 18.0 Å². The minimum absolute atomic E-state index is 0.0561. The molecule has 0 unspecified atom stereocenters. The Morgan fingerprint density at radius 3 is 2.70 bits per heavy atom. The molecule has 0 aliphatic carbocycles. The van der Waals surface area contributed by atoms with Crippen LogP contribution in [0.25, 0.3) is 0 Å². The number of carbonyl (C=O) groups excluding carboxylic acids is 1. The zero-order chi connectivity index (χ0) is 15.0. The largest absolute Gasteiger partial charge is 0.481 e. The van der Waals surface area contributed by atoms with Gasteiger partial charge in [0, 0.05) is 19.0 Å². The monoisotopic (exact) mass is 283 g/mol. The van der Waals surface area contributed by atoms with Crippen molar-refractivity contribution in [1.82, 2.24) is 15.8 Å². The first kappa shape index (κ1) is 16.0. The number of nitrogens with zero attached hydrogens (tertiary/aromatic N) is 1. The molecular weight excluding hydrogens is 262 g/mol. The molecule has 0 bridgehead atoms. The highest BCUT2D eigenvalue weighted by atomic mass is 16.5. The molecule has 1 atom stereocenters. The summed E-state index contributed by atoms with van der Waals surface area (Å²) < 4.78 is 4.84. The predicted octanol–water partition coefficient (Wildman–Crippen LogP) is 1.61. The summed E-state index contributed by atoms with van der Waals surface area (Å²) in [6.45, 7) is 4.64. The van der Waals surface area contributed by atoms with E-state index in [0.29, 0.717) is 18.2 Å². The topological polar surface area (TPSA) is 104 Å². The van der Waals surface area contributed by atoms with Gasteiger partial charge in [0.15, 0.2) is 5.76 Å². The van der Waals surface area contributed by atoms with Gasteiger partial charge in [0.1, 0.15) is 0 Å². The normalized spacial score (nSPS) is 12.2. The van der Waals surface area contributed by atoms with Crippen LogP contribution in [0.4, 0.5) is 4.79 Å². The average Bonchev–Trinajstić information content (AvgIpc) is 2.85. The molecule has 0 fully saturated rings. The number of carboxylic acid groups (broad SMARTS) is 1. The standard InChI is InChI=1S/C13H21N3O4/c1-9(2)5-10(6-12(17)18)7-14-13(19)15-8-11-3-4-16-20-11/h3-4,9-10H,5-8H2,1-2H3,(H,17,18)(H2,14,15,19)/t10-/m0/s1. The van der Waals surface area contributed by atoms with Crippen LogP contribution in [-0.4, -0.2) is 28.8 Å². The van der Waals surface area contributed by atoms with E-state index in [1.165, 1.54) is 6.20 Å². The molecule has 0 aliphatic heterocycles. The molecule has 112 valence electrons. The molecule has 0 saturated carbocycles. The van der Waals surface area contributed by atoms with Crippen molar-refractivity contribution in [3.8, 4) is 0 Å². The summed E-state index contributed by atoms with van der Waals surface area (Å²) in [7, 11) is 0. The van der Waals surface area contributed by atoms with Crippen molar-refractivity contribution in [2.45, 2.75) is 33.2 Å². The predicted molar refractivity (Wildman–Crippen MR) is 71.9 cm³/mol. The highest BCUT2D eigenvalue weighted by Crippen LogP contribution is 2.14. The van der Waals surface area contributed by atoms with Gasteiger partial charge in [-0.25, -0.2) is 4.79 Å². The van der Waals surface area contributed by atoms with Crippen LogP contribution >= 0.6 is 0 Å². The summed E-state index contributed by atoms with van der Waals surface area (Å²) in [6, 6.07) is 1.31. The molecule has 20 heavy (non-hydrogen) atoms. The van der Waals surface area contributed by atoms with Gasteiger partial charge < -0.3 is 20.3 Å². The Morgan fingerprint density at radius 2 is 2.15 bits per heavy atom. The van der Waals surface area contributed by atoms with Gasteiger partial charge in [0.2, 0.25) is 0 Å². The smallest absolute Gasteiger partial charge is 0.315 e. The van der Waals surface area contributed by atoms with Gasteiger partial charge in [-0.2, -0.15) is 0 Å². The van der Waals surface area contributed by atoms with Gasteiger partial charge >= 0.3 is 12.0 Å². The van der Waals surface area contributed by atoms with Crippen LogP contribution < -0.4 is 10.6 Å². The molecule has 0 saturated heterocycles. The molecule has 0 aliphatic rings. The zero-order valence-corrected chi connectivity index (χ0v) is 11.8. The van der Waals surface area contributed by atoms with Crippen LogP contribution in [0.3, 0.4) is 0 Å². The van der Waals surface area contributed by atoms with E-state index in [-0.39, 0.29) is 24.9 Å². The number of rotatable bonds is 8. The van der Waals surface area contributed by atoms with Gasteiger partial charge in [-0.15, -0.1) is 0 Å². The molecule has 1 aromatic rings. The minimum Gasteiger partial charge on any atom is -0.481 e. The van der Waals surface area contributed by atoms with E-state index in [0.717, 1.165) is 6.42 Å². The molecule has 1 aromatic heterocycles. The lowest BCUT2D eigenvalue weighted by molar-refractivity contribution is -0.138. The highest BCUT2D eigenvalue weighted by Gasteiger charge is 2.16. The van der Waals surface area contributed by atoms with Crippen molar-refractivity contribution in [3.63, 3.8) is 0 Å². The van der Waals surface area contributed by atoms with Gasteiger partial charge in [-0.3, -0.25) is 4.79 Å². The van der Waals surface area contributed by atoms with Crippen molar-refractivity contribution in [2.24, 2.45) is 11.8 Å². The summed E-state index contributed by atoms with van der Waals surface area (Å²) in [4.78, 5) is 22.4. The minimum atomic E-state index is -0.848. The fourth-order valence-corrected chi connectivity index (χ4v) is 1.95. The summed E-state index contributed by atoms with van der Waals surface area (Å²) >= 11 is 0. The number of aliphatic carboxylic acids is 1. The molecule has 7 nitrogen and oxygen atoms in total. The first-order chi connectivity index (χ1) is 9.47. The van der Waals surface area contributed by atoms with E-state index in [2.05, 4.69) is 15.8 Å². The second-order valence-corrected chi connectivity index (χ2v) is 5.14. The number of hydrogen-bond donors (Lipinski definition) is 3. The van der Waals surface area contributed by atoms with E-state index in [4.69, 9.17) is 9.63 Å². The zero-order valence-electron chi connectivity index (χ0n) is 11.8. The Balaban J connectivity index is 2.30. The Kier molecular flexibility index (Phi) is 6.55. The number of aromatic nitrogens is 1. The van der Waals surface area contributed by atoms with Crippen LogP contribution in [0.5, 0.6) is 0 Å². The van der Waals surface area contributed by atoms with Crippen LogP contribution in [0.1, 0.15) is 32.4 Å². The lowest BCUT2D eigenvalue weighted by Crippen LogP contribution is -2.38. The van der Waals surface area contributed by atoms with Crippen LogP contribution in [-0.2, 0) is 11.3 Å². The molecule has 1 heterocycles. The summed E-state index contributed by atoms with van der Waals surface area (Å²) in [5.74, 6) is 0.0332. The molecule has 1 rings (SSSR count). The van der Waals surface area contributed by atoms with Gasteiger partial charge in [0.05, 0.1) is 12.7 Å². The first-order valence-electron chi connectivity index (χ1n) is 6.60. The van der Waals surface area contributed by atoms with Crippen molar-refractivity contribution in [2.75, 3.05) is 6.54 Å². The Hall–Kier alpha value is -2.05. The van der Waals surface area contributed by atoms with E-state index >= 15 is 0 Å².